The molecule has 1 aromatic heterocycles. The third-order valence-corrected chi connectivity index (χ3v) is 6.09. The second-order valence-corrected chi connectivity index (χ2v) is 8.24. The van der Waals surface area contributed by atoms with Crippen LogP contribution >= 0.6 is 0 Å². The Hall–Kier alpha value is -2.89. The molecule has 1 saturated heterocycles. The van der Waals surface area contributed by atoms with E-state index in [0.29, 0.717) is 5.57 Å². The third-order valence-electron chi connectivity index (χ3n) is 6.09. The van der Waals surface area contributed by atoms with Gasteiger partial charge in [0.2, 0.25) is 5.91 Å². The van der Waals surface area contributed by atoms with Gasteiger partial charge in [0, 0.05) is 42.0 Å². The number of fused-ring (bicyclic) bond motifs is 1. The molecule has 0 saturated carbocycles. The van der Waals surface area contributed by atoms with Gasteiger partial charge in [-0.15, -0.1) is 0 Å². The minimum atomic E-state index is -0.0757. The van der Waals surface area contributed by atoms with Crippen LogP contribution in [0.15, 0.2) is 36.4 Å². The summed E-state index contributed by atoms with van der Waals surface area (Å²) in [5, 5.41) is 0. The molecule has 1 amide bonds. The number of benzene rings is 1. The second-order valence-electron chi connectivity index (χ2n) is 8.24. The number of ether oxygens (including phenoxy) is 1. The quantitative estimate of drug-likeness (QED) is 0.703. The first kappa shape index (κ1) is 20.4. The van der Waals surface area contributed by atoms with E-state index in [-0.39, 0.29) is 11.9 Å². The van der Waals surface area contributed by atoms with E-state index in [4.69, 9.17) is 14.7 Å². The van der Waals surface area contributed by atoms with Crippen LogP contribution in [-0.2, 0) is 17.8 Å². The predicted octanol–water partition coefficient (Wildman–Crippen LogP) is 3.99. The summed E-state index contributed by atoms with van der Waals surface area (Å²) in [6.45, 7) is 10.1. The molecule has 0 spiro atoms. The van der Waals surface area contributed by atoms with Crippen LogP contribution in [0.3, 0.4) is 0 Å². The van der Waals surface area contributed by atoms with Gasteiger partial charge >= 0.3 is 0 Å². The summed E-state index contributed by atoms with van der Waals surface area (Å²) in [5.74, 6) is 2.65. The van der Waals surface area contributed by atoms with Crippen molar-refractivity contribution in [2.24, 2.45) is 0 Å². The van der Waals surface area contributed by atoms with Crippen LogP contribution in [0.1, 0.15) is 54.9 Å². The Balaban J connectivity index is 1.69. The molecule has 0 radical (unpaired) electrons. The largest absolute Gasteiger partial charge is 0.496 e. The molecule has 6 heteroatoms. The molecular weight excluding hydrogens is 376 g/mol. The number of likely N-dealkylation sites (tertiary alicyclic amines) is 1. The fourth-order valence-corrected chi connectivity index (χ4v) is 4.57. The summed E-state index contributed by atoms with van der Waals surface area (Å²) in [6, 6.07) is 8.06. The first-order valence-corrected chi connectivity index (χ1v) is 10.7. The van der Waals surface area contributed by atoms with E-state index >= 15 is 0 Å². The number of carbonyl (C=O) groups excluding carboxylic acids is 1. The zero-order valence-electron chi connectivity index (χ0n) is 18.1. The highest BCUT2D eigenvalue weighted by atomic mass is 16.5. The molecule has 4 rings (SSSR count). The summed E-state index contributed by atoms with van der Waals surface area (Å²) in [6.07, 6.45) is 3.93. The van der Waals surface area contributed by atoms with Crippen LogP contribution in [0.2, 0.25) is 0 Å². The van der Waals surface area contributed by atoms with Gasteiger partial charge in [0.15, 0.2) is 5.82 Å². The van der Waals surface area contributed by atoms with E-state index in [1.807, 2.05) is 23.1 Å². The number of methoxy groups -OCH3 is 1. The highest BCUT2D eigenvalue weighted by Crippen LogP contribution is 2.35. The lowest BCUT2D eigenvalue weighted by molar-refractivity contribution is -0.128. The smallest absolute Gasteiger partial charge is 0.249 e. The Morgan fingerprint density at radius 1 is 1.23 bits per heavy atom. The maximum atomic E-state index is 12.6. The van der Waals surface area contributed by atoms with Crippen LogP contribution in [0.5, 0.6) is 5.75 Å². The second kappa shape index (κ2) is 8.46. The standard InChI is InChI=1S/C24H30N4O2/c1-16(2)24(29)28-14-8-11-20(28)22-25-17(3)19-10-7-13-27(23(19)26-22)15-18-9-5-6-12-21(18)30-4/h5-6,9,12,20H,1,7-8,10-11,13-15H2,2-4H3. The lowest BCUT2D eigenvalue weighted by Gasteiger charge is -2.33. The van der Waals surface area contributed by atoms with Crippen molar-refractivity contribution in [2.45, 2.75) is 52.1 Å². The van der Waals surface area contributed by atoms with E-state index in [2.05, 4.69) is 24.5 Å². The predicted molar refractivity (Wildman–Crippen MR) is 118 cm³/mol. The number of rotatable bonds is 5. The molecule has 1 aromatic carbocycles. The average molecular weight is 407 g/mol. The van der Waals surface area contributed by atoms with Gasteiger partial charge in [0.05, 0.1) is 13.2 Å². The number of aromatic nitrogens is 2. The van der Waals surface area contributed by atoms with Gasteiger partial charge in [0.25, 0.3) is 0 Å². The Kier molecular flexibility index (Phi) is 5.75. The van der Waals surface area contributed by atoms with Gasteiger partial charge in [0.1, 0.15) is 11.6 Å². The van der Waals surface area contributed by atoms with Crippen LogP contribution in [0.4, 0.5) is 5.82 Å². The summed E-state index contributed by atoms with van der Waals surface area (Å²) in [5.41, 5.74) is 3.95. The molecule has 0 aliphatic carbocycles. The molecule has 3 heterocycles. The van der Waals surface area contributed by atoms with Gasteiger partial charge in [-0.25, -0.2) is 9.97 Å². The Bertz CT molecular complexity index is 972. The van der Waals surface area contributed by atoms with Crippen molar-refractivity contribution in [3.05, 3.63) is 59.1 Å². The molecular formula is C24H30N4O2. The number of aryl methyl sites for hydroxylation is 1. The van der Waals surface area contributed by atoms with E-state index in [9.17, 15) is 4.79 Å². The van der Waals surface area contributed by atoms with Gasteiger partial charge in [-0.05, 0) is 45.6 Å². The summed E-state index contributed by atoms with van der Waals surface area (Å²) in [7, 11) is 1.71. The van der Waals surface area contributed by atoms with Gasteiger partial charge in [-0.3, -0.25) is 4.79 Å². The third kappa shape index (κ3) is 3.78. The molecule has 158 valence electrons. The maximum absolute atomic E-state index is 12.6. The molecule has 0 bridgehead atoms. The van der Waals surface area contributed by atoms with Crippen LogP contribution < -0.4 is 9.64 Å². The zero-order chi connectivity index (χ0) is 21.3. The molecule has 2 aliphatic heterocycles. The molecule has 30 heavy (non-hydrogen) atoms. The summed E-state index contributed by atoms with van der Waals surface area (Å²) >= 11 is 0. The summed E-state index contributed by atoms with van der Waals surface area (Å²) < 4.78 is 5.55. The molecule has 2 aliphatic rings. The Morgan fingerprint density at radius 2 is 2.03 bits per heavy atom. The average Bonchev–Trinajstić information content (AvgIpc) is 3.23. The van der Waals surface area contributed by atoms with Crippen LogP contribution in [0, 0.1) is 6.92 Å². The monoisotopic (exact) mass is 406 g/mol. The van der Waals surface area contributed by atoms with Crippen molar-refractivity contribution in [3.63, 3.8) is 0 Å². The molecule has 0 N–H and O–H groups in total. The normalized spacial score (nSPS) is 18.3. The summed E-state index contributed by atoms with van der Waals surface area (Å²) in [4.78, 5) is 26.7. The van der Waals surface area contributed by atoms with E-state index < -0.39 is 0 Å². The van der Waals surface area contributed by atoms with E-state index in [1.165, 1.54) is 5.56 Å². The Labute approximate surface area is 178 Å². The number of hydrogen-bond acceptors (Lipinski definition) is 5. The van der Waals surface area contributed by atoms with Crippen LogP contribution in [0.25, 0.3) is 0 Å². The molecule has 2 aromatic rings. The van der Waals surface area contributed by atoms with Crippen molar-refractivity contribution in [1.82, 2.24) is 14.9 Å². The fraction of sp³-hybridized carbons (Fsp3) is 0.458. The number of hydrogen-bond donors (Lipinski definition) is 0. The van der Waals surface area contributed by atoms with Gasteiger partial charge in [-0.1, -0.05) is 24.8 Å². The van der Waals surface area contributed by atoms with E-state index in [0.717, 1.165) is 74.0 Å². The highest BCUT2D eigenvalue weighted by molar-refractivity contribution is 5.92. The topological polar surface area (TPSA) is 58.6 Å². The minimum absolute atomic E-state index is 0.00218. The van der Waals surface area contributed by atoms with Crippen molar-refractivity contribution in [1.29, 1.82) is 0 Å². The molecule has 1 unspecified atom stereocenters. The van der Waals surface area contributed by atoms with Crippen molar-refractivity contribution in [3.8, 4) is 5.75 Å². The maximum Gasteiger partial charge on any atom is 0.249 e. The van der Waals surface area contributed by atoms with Crippen molar-refractivity contribution < 1.29 is 9.53 Å². The van der Waals surface area contributed by atoms with Crippen molar-refractivity contribution in [2.75, 3.05) is 25.1 Å². The lowest BCUT2D eigenvalue weighted by atomic mass is 10.0. The number of anilines is 1. The van der Waals surface area contributed by atoms with Crippen molar-refractivity contribution >= 4 is 11.7 Å². The lowest BCUT2D eigenvalue weighted by Crippen LogP contribution is -2.34. The number of para-hydroxylation sites is 1. The van der Waals surface area contributed by atoms with Gasteiger partial charge < -0.3 is 14.5 Å². The zero-order valence-corrected chi connectivity index (χ0v) is 18.1. The number of carbonyl (C=O) groups is 1. The number of amides is 1. The van der Waals surface area contributed by atoms with Gasteiger partial charge in [-0.2, -0.15) is 0 Å². The van der Waals surface area contributed by atoms with Crippen LogP contribution in [-0.4, -0.2) is 41.0 Å². The molecule has 1 atom stereocenters. The highest BCUT2D eigenvalue weighted by Gasteiger charge is 2.34. The Morgan fingerprint density at radius 3 is 2.80 bits per heavy atom. The SMILES string of the molecule is C=C(C)C(=O)N1CCCC1c1nc(C)c2c(n1)N(Cc1ccccc1OC)CCC2. The number of nitrogens with zero attached hydrogens (tertiary/aromatic N) is 4. The molecule has 1 fully saturated rings. The first-order valence-electron chi connectivity index (χ1n) is 10.7. The fourth-order valence-electron chi connectivity index (χ4n) is 4.57. The first-order chi connectivity index (χ1) is 14.5. The molecule has 6 nitrogen and oxygen atoms in total. The minimum Gasteiger partial charge on any atom is -0.496 e. The van der Waals surface area contributed by atoms with E-state index in [1.54, 1.807) is 14.0 Å².